The second kappa shape index (κ2) is 6.64. The number of carbonyl (C=O) groups excluding carboxylic acids is 1. The molecule has 0 spiro atoms. The fourth-order valence-electron chi connectivity index (χ4n) is 2.27. The standard InChI is InChI=1S/C13H23NO6S/c1-13(2,3)20-12(17)14-8-9-4-6-21(18,19)7-5-10(9)11(15)16/h9-10H,4-8H2,1-3H3,(H,14,17)(H,15,16)/t9-,10+/m0/s1. The lowest BCUT2D eigenvalue weighted by molar-refractivity contribution is -0.143. The molecule has 1 heterocycles. The van der Waals surface area contributed by atoms with Gasteiger partial charge in [0.2, 0.25) is 0 Å². The minimum atomic E-state index is -3.19. The van der Waals surface area contributed by atoms with Crippen LogP contribution in [0, 0.1) is 11.8 Å². The van der Waals surface area contributed by atoms with Crippen molar-refractivity contribution in [1.82, 2.24) is 5.32 Å². The van der Waals surface area contributed by atoms with E-state index in [0.29, 0.717) is 0 Å². The molecule has 21 heavy (non-hydrogen) atoms. The molecule has 0 aromatic carbocycles. The van der Waals surface area contributed by atoms with Crippen molar-refractivity contribution in [3.8, 4) is 0 Å². The van der Waals surface area contributed by atoms with Gasteiger partial charge in [0.1, 0.15) is 15.4 Å². The summed E-state index contributed by atoms with van der Waals surface area (Å²) in [7, 11) is -3.19. The van der Waals surface area contributed by atoms with Crippen LogP contribution < -0.4 is 5.32 Å². The molecule has 2 atom stereocenters. The summed E-state index contributed by atoms with van der Waals surface area (Å²) in [6.45, 7) is 5.28. The maximum atomic E-state index is 11.6. The molecule has 0 aromatic heterocycles. The minimum absolute atomic E-state index is 0.0442. The molecule has 8 heteroatoms. The van der Waals surface area contributed by atoms with Crippen LogP contribution in [0.15, 0.2) is 0 Å². The van der Waals surface area contributed by atoms with Gasteiger partial charge in [-0.1, -0.05) is 0 Å². The Labute approximate surface area is 125 Å². The summed E-state index contributed by atoms with van der Waals surface area (Å²) in [4.78, 5) is 22.9. The monoisotopic (exact) mass is 321 g/mol. The quantitative estimate of drug-likeness (QED) is 0.803. The van der Waals surface area contributed by atoms with Crippen molar-refractivity contribution >= 4 is 21.9 Å². The van der Waals surface area contributed by atoms with Crippen molar-refractivity contribution in [2.45, 2.75) is 39.2 Å². The highest BCUT2D eigenvalue weighted by Gasteiger charge is 2.34. The predicted molar refractivity (Wildman–Crippen MR) is 76.7 cm³/mol. The van der Waals surface area contributed by atoms with Crippen molar-refractivity contribution < 1.29 is 27.9 Å². The van der Waals surface area contributed by atoms with E-state index in [4.69, 9.17) is 4.74 Å². The molecule has 1 aliphatic heterocycles. The molecule has 2 N–H and O–H groups in total. The van der Waals surface area contributed by atoms with E-state index in [0.717, 1.165) is 0 Å². The number of carbonyl (C=O) groups is 2. The van der Waals surface area contributed by atoms with Crippen LogP contribution >= 0.6 is 0 Å². The van der Waals surface area contributed by atoms with Crippen molar-refractivity contribution in [2.24, 2.45) is 11.8 Å². The Morgan fingerprint density at radius 2 is 1.81 bits per heavy atom. The molecule has 0 aliphatic carbocycles. The predicted octanol–water partition coefficient (Wildman–Crippen LogP) is 1.04. The molecule has 0 unspecified atom stereocenters. The van der Waals surface area contributed by atoms with Gasteiger partial charge in [-0.15, -0.1) is 0 Å². The fraction of sp³-hybridized carbons (Fsp3) is 0.846. The van der Waals surface area contributed by atoms with Gasteiger partial charge in [0.05, 0.1) is 17.4 Å². The summed E-state index contributed by atoms with van der Waals surface area (Å²) in [5.74, 6) is -2.36. The van der Waals surface area contributed by atoms with Gasteiger partial charge in [-0.2, -0.15) is 0 Å². The van der Waals surface area contributed by atoms with Gasteiger partial charge in [0.25, 0.3) is 0 Å². The highest BCUT2D eigenvalue weighted by Crippen LogP contribution is 2.25. The summed E-state index contributed by atoms with van der Waals surface area (Å²) in [5.41, 5.74) is -0.636. The van der Waals surface area contributed by atoms with Crippen molar-refractivity contribution in [2.75, 3.05) is 18.1 Å². The van der Waals surface area contributed by atoms with Crippen LogP contribution in [0.5, 0.6) is 0 Å². The normalized spacial score (nSPS) is 25.7. The highest BCUT2D eigenvalue weighted by atomic mass is 32.2. The molecule has 1 rings (SSSR count). The third-order valence-electron chi connectivity index (χ3n) is 3.33. The zero-order chi connectivity index (χ0) is 16.3. The lowest BCUT2D eigenvalue weighted by Gasteiger charge is -2.23. The number of aliphatic carboxylic acids is 1. The van der Waals surface area contributed by atoms with Gasteiger partial charge in [-0.05, 0) is 39.5 Å². The Morgan fingerprint density at radius 3 is 2.33 bits per heavy atom. The molecule has 122 valence electrons. The van der Waals surface area contributed by atoms with E-state index in [1.807, 2.05) is 0 Å². The smallest absolute Gasteiger partial charge is 0.407 e. The van der Waals surface area contributed by atoms with Crippen LogP contribution in [0.2, 0.25) is 0 Å². The first kappa shape index (κ1) is 17.7. The van der Waals surface area contributed by atoms with E-state index < -0.39 is 39.3 Å². The average Bonchev–Trinajstić information content (AvgIpc) is 2.43. The Bertz CT molecular complexity index is 493. The number of amides is 1. The number of alkyl carbamates (subject to hydrolysis) is 1. The van der Waals surface area contributed by atoms with E-state index in [1.54, 1.807) is 20.8 Å². The van der Waals surface area contributed by atoms with Gasteiger partial charge in [0, 0.05) is 6.54 Å². The number of nitrogens with one attached hydrogen (secondary N) is 1. The lowest BCUT2D eigenvalue weighted by Crippen LogP contribution is -2.38. The third kappa shape index (κ3) is 6.33. The molecule has 1 fully saturated rings. The molecule has 1 aliphatic rings. The van der Waals surface area contributed by atoms with E-state index in [1.165, 1.54) is 0 Å². The number of carboxylic acid groups (broad SMARTS) is 1. The molecule has 0 saturated carbocycles. The lowest BCUT2D eigenvalue weighted by atomic mass is 9.88. The van der Waals surface area contributed by atoms with E-state index in [9.17, 15) is 23.1 Å². The Morgan fingerprint density at radius 1 is 1.24 bits per heavy atom. The topological polar surface area (TPSA) is 110 Å². The first-order chi connectivity index (χ1) is 9.50. The molecule has 1 saturated heterocycles. The second-order valence-electron chi connectivity index (χ2n) is 6.32. The van der Waals surface area contributed by atoms with E-state index >= 15 is 0 Å². The SMILES string of the molecule is CC(C)(C)OC(=O)NC[C@@H]1CCS(=O)(=O)CC[C@H]1C(=O)O. The van der Waals surface area contributed by atoms with Crippen LogP contribution in [-0.2, 0) is 19.4 Å². The summed E-state index contributed by atoms with van der Waals surface area (Å²) >= 11 is 0. The van der Waals surface area contributed by atoms with E-state index in [2.05, 4.69) is 5.32 Å². The number of rotatable bonds is 3. The molecule has 0 aromatic rings. The zero-order valence-corrected chi connectivity index (χ0v) is 13.4. The minimum Gasteiger partial charge on any atom is -0.481 e. The molecular weight excluding hydrogens is 298 g/mol. The maximum Gasteiger partial charge on any atom is 0.407 e. The van der Waals surface area contributed by atoms with Gasteiger partial charge in [-0.25, -0.2) is 13.2 Å². The Balaban J connectivity index is 2.65. The third-order valence-corrected chi connectivity index (χ3v) is 5.05. The summed E-state index contributed by atoms with van der Waals surface area (Å²) in [6, 6.07) is 0. The van der Waals surface area contributed by atoms with Crippen molar-refractivity contribution in [3.05, 3.63) is 0 Å². The first-order valence-corrected chi connectivity index (χ1v) is 8.72. The number of hydrogen-bond acceptors (Lipinski definition) is 5. The van der Waals surface area contributed by atoms with Crippen LogP contribution in [0.3, 0.4) is 0 Å². The molecule has 0 bridgehead atoms. The molecular formula is C13H23NO6S. The van der Waals surface area contributed by atoms with Crippen LogP contribution in [0.4, 0.5) is 4.79 Å². The second-order valence-corrected chi connectivity index (χ2v) is 8.62. The Kier molecular flexibility index (Phi) is 5.61. The largest absolute Gasteiger partial charge is 0.481 e. The summed E-state index contributed by atoms with van der Waals surface area (Å²) in [6.07, 6.45) is -0.313. The van der Waals surface area contributed by atoms with Crippen molar-refractivity contribution in [1.29, 1.82) is 0 Å². The number of hydrogen-bond donors (Lipinski definition) is 2. The van der Waals surface area contributed by atoms with Crippen LogP contribution in [-0.4, -0.2) is 49.2 Å². The molecule has 0 radical (unpaired) electrons. The van der Waals surface area contributed by atoms with Gasteiger partial charge >= 0.3 is 12.1 Å². The summed E-state index contributed by atoms with van der Waals surface area (Å²) < 4.78 is 28.3. The van der Waals surface area contributed by atoms with Gasteiger partial charge in [-0.3, -0.25) is 4.79 Å². The molecule has 1 amide bonds. The molecule has 7 nitrogen and oxygen atoms in total. The zero-order valence-electron chi connectivity index (χ0n) is 12.6. The number of sulfone groups is 1. The maximum absolute atomic E-state index is 11.6. The van der Waals surface area contributed by atoms with Crippen LogP contribution in [0.25, 0.3) is 0 Å². The van der Waals surface area contributed by atoms with Crippen molar-refractivity contribution in [3.63, 3.8) is 0 Å². The fourth-order valence-corrected chi connectivity index (χ4v) is 3.75. The Hall–Kier alpha value is -1.31. The average molecular weight is 321 g/mol. The van der Waals surface area contributed by atoms with Gasteiger partial charge < -0.3 is 15.2 Å². The highest BCUT2D eigenvalue weighted by molar-refractivity contribution is 7.91. The summed E-state index contributed by atoms with van der Waals surface area (Å²) in [5, 5.41) is 11.7. The number of carboxylic acids is 1. The number of ether oxygens (including phenoxy) is 1. The van der Waals surface area contributed by atoms with E-state index in [-0.39, 0.29) is 30.9 Å². The van der Waals surface area contributed by atoms with Crippen LogP contribution in [0.1, 0.15) is 33.6 Å². The van der Waals surface area contributed by atoms with Gasteiger partial charge in [0.15, 0.2) is 0 Å². The first-order valence-electron chi connectivity index (χ1n) is 6.90.